The average molecular weight is 1610 g/mol. The summed E-state index contributed by atoms with van der Waals surface area (Å²) in [5.41, 5.74) is 13.9. The third kappa shape index (κ3) is 19.4. The summed E-state index contributed by atoms with van der Waals surface area (Å²) in [4.78, 5) is 86.8. The lowest BCUT2D eigenvalue weighted by Gasteiger charge is -2.27. The Morgan fingerprint density at radius 2 is 0.806 bits per heavy atom. The van der Waals surface area contributed by atoms with Crippen molar-refractivity contribution in [1.29, 1.82) is 0 Å². The molecule has 24 nitrogen and oxygen atoms in total. The lowest BCUT2D eigenvalue weighted by atomic mass is 10.0. The van der Waals surface area contributed by atoms with Gasteiger partial charge in [0.2, 0.25) is 0 Å². The number of aromatic nitrogens is 9. The highest BCUT2D eigenvalue weighted by molar-refractivity contribution is 14.1. The quantitative estimate of drug-likeness (QED) is 0.0423. The highest BCUT2D eigenvalue weighted by Gasteiger charge is 2.26. The van der Waals surface area contributed by atoms with E-state index >= 15 is 0 Å². The van der Waals surface area contributed by atoms with E-state index < -0.39 is 16.1 Å². The molecule has 0 radical (unpaired) electrons. The first-order chi connectivity index (χ1) is 51.9. The molecule has 0 unspecified atom stereocenters. The van der Waals surface area contributed by atoms with Crippen LogP contribution in [0.4, 0.5) is 0 Å². The molecule has 108 heavy (non-hydrogen) atoms. The molecule has 0 aliphatic carbocycles. The van der Waals surface area contributed by atoms with Gasteiger partial charge in [-0.1, -0.05) is 99.9 Å². The summed E-state index contributed by atoms with van der Waals surface area (Å²) in [7, 11) is 4.59. The number of hydrogen-bond acceptors (Lipinski definition) is 16. The fourth-order valence-corrected chi connectivity index (χ4v) is 14.8. The van der Waals surface area contributed by atoms with Crippen LogP contribution in [0, 0.1) is 3.70 Å². The summed E-state index contributed by atoms with van der Waals surface area (Å²) in [6.07, 6.45) is 5.42. The van der Waals surface area contributed by atoms with E-state index in [9.17, 15) is 24.0 Å². The number of benzene rings is 5. The number of nitrogens with zero attached hydrogens (tertiary/aromatic N) is 13. The maximum absolute atomic E-state index is 13.2. The van der Waals surface area contributed by atoms with E-state index in [1.807, 2.05) is 153 Å². The number of fused-ring (bicyclic) bond motifs is 3. The van der Waals surface area contributed by atoms with Crippen LogP contribution in [0.15, 0.2) is 158 Å². The van der Waals surface area contributed by atoms with E-state index in [0.717, 1.165) is 100 Å². The number of carbonyl (C=O) groups excluding carboxylic acids is 5. The van der Waals surface area contributed by atoms with E-state index in [1.54, 1.807) is 54.9 Å². The van der Waals surface area contributed by atoms with Gasteiger partial charge < -0.3 is 48.2 Å². The fourth-order valence-electron chi connectivity index (χ4n) is 12.6. The van der Waals surface area contributed by atoms with Gasteiger partial charge in [-0.3, -0.25) is 29.1 Å². The van der Waals surface area contributed by atoms with E-state index in [4.69, 9.17) is 33.8 Å². The molecule has 0 atom stereocenters. The van der Waals surface area contributed by atoms with Gasteiger partial charge in [0, 0.05) is 182 Å². The van der Waals surface area contributed by atoms with Crippen LogP contribution in [0.25, 0.3) is 89.0 Å². The van der Waals surface area contributed by atoms with E-state index in [-0.39, 0.29) is 36.3 Å². The van der Waals surface area contributed by atoms with Crippen molar-refractivity contribution in [2.24, 2.45) is 0 Å². The number of aromatic amines is 1. The predicted molar refractivity (Wildman–Crippen MR) is 433 cm³/mol. The Labute approximate surface area is 644 Å². The van der Waals surface area contributed by atoms with Gasteiger partial charge in [-0.15, -0.1) is 0 Å². The number of hydrogen-bond donors (Lipinski definition) is 1. The van der Waals surface area contributed by atoms with Gasteiger partial charge in [-0.25, -0.2) is 24.3 Å². The van der Waals surface area contributed by atoms with Gasteiger partial charge in [0.25, 0.3) is 29.5 Å². The van der Waals surface area contributed by atoms with Crippen molar-refractivity contribution in [3.8, 4) is 55.9 Å². The molecule has 9 heterocycles. The summed E-state index contributed by atoms with van der Waals surface area (Å²) in [5.74, 6) is -0.0878. The molecule has 0 bridgehead atoms. The van der Waals surface area contributed by atoms with Crippen molar-refractivity contribution in [2.75, 3.05) is 120 Å². The third-order valence-corrected chi connectivity index (χ3v) is 23.0. The first-order valence-corrected chi connectivity index (χ1v) is 44.9. The van der Waals surface area contributed by atoms with Gasteiger partial charge in [0.05, 0.1) is 50.7 Å². The number of halogens is 1. The highest BCUT2D eigenvalue weighted by Crippen LogP contribution is 2.35. The molecule has 1 N–H and O–H groups in total. The fraction of sp³-hybridized carbons (Fsp3) is 0.346. The van der Waals surface area contributed by atoms with Crippen LogP contribution < -0.4 is 0 Å². The maximum atomic E-state index is 13.2. The summed E-state index contributed by atoms with van der Waals surface area (Å²) in [5, 5.41) is 19.6. The number of morpholine rings is 3. The van der Waals surface area contributed by atoms with Crippen LogP contribution in [-0.4, -0.2) is 235 Å². The molecule has 6 aromatic heterocycles. The molecule has 3 aliphatic heterocycles. The standard InChI is InChI=1S/C32H39N5O4Si.C26H25N5O3.C23H29IN4O3Si/c1-35(2)31(38)25-10-7-9-24(19-25)29-28-20-27(21-33-30(28)37(34-29)22-41-16-17-42(3,4)5)23-8-6-11-26(18-23)32(39)36-12-14-40-15-13-36;1-30(2)25(32)19-7-4-6-18(14-19)23-22-15-21(16-27-24(22)29-28-23)17-5-3-8-20(13-17)26(33)31-9-11-34-12-10-31;1-32(2,3)12-11-31-16-28-22-20(21(24)26-28)14-19(15-25-22)17-5-4-6-18(13-17)23(29)27-7-9-30-10-8-27/h6-11,18-21H,12-17,22H2,1-5H3;3-8,13-16H,9-12H2,1-2H3,(H,27,28,29);4-6,13-15H,7-12,16H2,1-3H3. The van der Waals surface area contributed by atoms with E-state index in [2.05, 4.69) is 99.3 Å². The van der Waals surface area contributed by atoms with Gasteiger partial charge in [-0.05, 0) is 130 Å². The minimum Gasteiger partial charge on any atom is -0.378 e. The Balaban J connectivity index is 0.000000153. The second-order valence-electron chi connectivity index (χ2n) is 29.7. The van der Waals surface area contributed by atoms with Crippen molar-refractivity contribution in [3.63, 3.8) is 0 Å². The van der Waals surface area contributed by atoms with Crippen LogP contribution in [0.2, 0.25) is 51.4 Å². The van der Waals surface area contributed by atoms with Crippen molar-refractivity contribution in [3.05, 3.63) is 190 Å². The second-order valence-corrected chi connectivity index (χ2v) is 42.0. The molecule has 0 spiro atoms. The maximum Gasteiger partial charge on any atom is 0.254 e. The zero-order chi connectivity index (χ0) is 76.2. The van der Waals surface area contributed by atoms with Crippen LogP contribution in [0.5, 0.6) is 0 Å². The minimum atomic E-state index is -1.23. The second kappa shape index (κ2) is 35.1. The highest BCUT2D eigenvalue weighted by atomic mass is 127. The Bertz CT molecular complexity index is 5050. The molecular weight excluding hydrogens is 1510 g/mol. The lowest BCUT2D eigenvalue weighted by molar-refractivity contribution is 0.0301. The summed E-state index contributed by atoms with van der Waals surface area (Å²) in [6.45, 7) is 23.2. The Morgan fingerprint density at radius 3 is 1.24 bits per heavy atom. The molecule has 11 aromatic rings. The molecule has 14 rings (SSSR count). The molecule has 27 heteroatoms. The Morgan fingerprint density at radius 1 is 0.444 bits per heavy atom. The number of pyridine rings is 3. The number of rotatable bonds is 20. The molecule has 3 saturated heterocycles. The van der Waals surface area contributed by atoms with E-state index in [0.29, 0.717) is 131 Å². The summed E-state index contributed by atoms with van der Waals surface area (Å²) in [6, 6.07) is 46.3. The van der Waals surface area contributed by atoms with Crippen molar-refractivity contribution in [2.45, 2.75) is 64.8 Å². The lowest BCUT2D eigenvalue weighted by Crippen LogP contribution is -2.40. The first-order valence-electron chi connectivity index (χ1n) is 36.4. The molecule has 0 saturated carbocycles. The third-order valence-electron chi connectivity index (χ3n) is 18.8. The van der Waals surface area contributed by atoms with Crippen molar-refractivity contribution < 1.29 is 47.7 Å². The molecule has 3 aliphatic rings. The zero-order valence-electron chi connectivity index (χ0n) is 63.0. The molecule has 562 valence electrons. The van der Waals surface area contributed by atoms with Gasteiger partial charge >= 0.3 is 0 Å². The van der Waals surface area contributed by atoms with E-state index in [1.165, 1.54) is 0 Å². The van der Waals surface area contributed by atoms with Crippen LogP contribution >= 0.6 is 22.6 Å². The Hall–Kier alpha value is -9.73. The molecule has 3 fully saturated rings. The Kier molecular flexibility index (Phi) is 25.3. The van der Waals surface area contributed by atoms with Crippen molar-refractivity contribution in [1.82, 2.24) is 69.2 Å². The SMILES string of the molecule is CN(C)C(=O)c1cccc(-c2[nH]nc3ncc(-c4cccc(C(=O)N5CCOCC5)c4)cc23)c1.CN(C)C(=O)c1cccc(-c2nn(COCC[Si](C)(C)C)c3ncc(-c4cccc(C(=O)N5CCOCC5)c4)cc23)c1.C[Si](C)(C)CCOCn1nc(I)c2cc(-c3cccc(C(=O)N4CCOCC4)c3)cnc21. The molecule has 5 amide bonds. The largest absolute Gasteiger partial charge is 0.378 e. The van der Waals surface area contributed by atoms with Gasteiger partial charge in [-0.2, -0.15) is 15.3 Å². The minimum absolute atomic E-state index is 0.000497. The summed E-state index contributed by atoms with van der Waals surface area (Å²) >= 11 is 2.24. The summed E-state index contributed by atoms with van der Waals surface area (Å²) < 4.78 is 32.5. The number of amides is 5. The van der Waals surface area contributed by atoms with Crippen LogP contribution in [-0.2, 0) is 37.1 Å². The topological polar surface area (TPSA) is 251 Å². The van der Waals surface area contributed by atoms with Gasteiger partial charge in [0.1, 0.15) is 22.9 Å². The number of carbonyl (C=O) groups is 5. The number of H-pyrrole nitrogens is 1. The molecular formula is C81H93IN14O10Si2. The predicted octanol–water partition coefficient (Wildman–Crippen LogP) is 13.2. The zero-order valence-corrected chi connectivity index (χ0v) is 67.2. The normalized spacial score (nSPS) is 14.1. The van der Waals surface area contributed by atoms with Gasteiger partial charge in [0.15, 0.2) is 16.9 Å². The molecule has 5 aromatic carbocycles. The van der Waals surface area contributed by atoms with Crippen molar-refractivity contribution >= 4 is 101 Å². The van der Waals surface area contributed by atoms with Crippen LogP contribution in [0.3, 0.4) is 0 Å². The smallest absolute Gasteiger partial charge is 0.254 e. The van der Waals surface area contributed by atoms with Crippen LogP contribution in [0.1, 0.15) is 51.8 Å². The first kappa shape index (κ1) is 77.9. The number of nitrogens with one attached hydrogen (secondary N) is 1. The average Bonchev–Trinajstić information content (AvgIpc) is 2.11. The monoisotopic (exact) mass is 1600 g/mol. The number of ether oxygens (including phenoxy) is 5.